The summed E-state index contributed by atoms with van der Waals surface area (Å²) in [6.45, 7) is 4.46. The summed E-state index contributed by atoms with van der Waals surface area (Å²) in [6.07, 6.45) is 2.29. The summed E-state index contributed by atoms with van der Waals surface area (Å²) < 4.78 is 14.3. The maximum absolute atomic E-state index is 14.3. The van der Waals surface area contributed by atoms with Crippen molar-refractivity contribution in [2.24, 2.45) is 0 Å². The molecule has 112 valence electrons. The Morgan fingerprint density at radius 2 is 2.29 bits per heavy atom. The van der Waals surface area contributed by atoms with Crippen LogP contribution in [0.15, 0.2) is 29.1 Å². The number of halogens is 1. The van der Waals surface area contributed by atoms with Gasteiger partial charge < -0.3 is 10.6 Å². The lowest BCUT2D eigenvalue weighted by Gasteiger charge is -2.14. The Morgan fingerprint density at radius 1 is 1.48 bits per heavy atom. The van der Waals surface area contributed by atoms with Crippen LogP contribution in [0.2, 0.25) is 0 Å². The average molecular weight is 307 g/mol. The molecule has 0 saturated heterocycles. The summed E-state index contributed by atoms with van der Waals surface area (Å²) in [6, 6.07) is 3.16. The first kappa shape index (κ1) is 15.4. The molecular weight excluding hydrogens is 289 g/mol. The third-order valence-electron chi connectivity index (χ3n) is 3.07. The fourth-order valence-electron chi connectivity index (χ4n) is 1.86. The van der Waals surface area contributed by atoms with E-state index in [2.05, 4.69) is 15.6 Å². The number of rotatable bonds is 6. The van der Waals surface area contributed by atoms with E-state index in [1.165, 1.54) is 12.3 Å². The molecule has 0 saturated carbocycles. The molecule has 0 aliphatic rings. The highest BCUT2D eigenvalue weighted by atomic mass is 32.1. The lowest BCUT2D eigenvalue weighted by Crippen LogP contribution is -2.27. The molecule has 6 heteroatoms. The summed E-state index contributed by atoms with van der Waals surface area (Å²) in [5.41, 5.74) is 1.01. The molecule has 0 aliphatic heterocycles. The highest BCUT2D eigenvalue weighted by molar-refractivity contribution is 7.07. The molecule has 0 spiro atoms. The quantitative estimate of drug-likeness (QED) is 0.857. The van der Waals surface area contributed by atoms with Crippen molar-refractivity contribution in [3.8, 4) is 0 Å². The van der Waals surface area contributed by atoms with Crippen molar-refractivity contribution in [1.29, 1.82) is 0 Å². The van der Waals surface area contributed by atoms with Gasteiger partial charge in [0.2, 0.25) is 0 Å². The number of hydrogen-bond acceptors (Lipinski definition) is 4. The highest BCUT2D eigenvalue weighted by Gasteiger charge is 2.18. The normalized spacial score (nSPS) is 12.0. The standard InChI is InChI=1S/C15H18FN3OS/c1-3-6-17-14-13(16)12(4-7-18-14)15(20)19-10(2)11-5-8-21-9-11/h4-5,7-10H,3,6H2,1-2H3,(H,17,18)(H,19,20). The van der Waals surface area contributed by atoms with E-state index in [1.54, 1.807) is 11.3 Å². The lowest BCUT2D eigenvalue weighted by molar-refractivity contribution is 0.0936. The van der Waals surface area contributed by atoms with Crippen molar-refractivity contribution in [1.82, 2.24) is 10.3 Å². The van der Waals surface area contributed by atoms with Gasteiger partial charge in [0.25, 0.3) is 5.91 Å². The van der Waals surface area contributed by atoms with Crippen molar-refractivity contribution in [3.63, 3.8) is 0 Å². The van der Waals surface area contributed by atoms with Crippen molar-refractivity contribution in [2.45, 2.75) is 26.3 Å². The maximum atomic E-state index is 14.3. The van der Waals surface area contributed by atoms with Gasteiger partial charge in [-0.2, -0.15) is 11.3 Å². The smallest absolute Gasteiger partial charge is 0.254 e. The van der Waals surface area contributed by atoms with Gasteiger partial charge in [-0.05, 0) is 41.8 Å². The van der Waals surface area contributed by atoms with E-state index in [4.69, 9.17) is 0 Å². The number of carbonyl (C=O) groups is 1. The zero-order valence-corrected chi connectivity index (χ0v) is 12.8. The number of nitrogens with zero attached hydrogens (tertiary/aromatic N) is 1. The maximum Gasteiger partial charge on any atom is 0.254 e. The van der Waals surface area contributed by atoms with E-state index in [9.17, 15) is 9.18 Å². The van der Waals surface area contributed by atoms with Gasteiger partial charge in [0.1, 0.15) is 0 Å². The van der Waals surface area contributed by atoms with Crippen LogP contribution < -0.4 is 10.6 Å². The Hall–Kier alpha value is -1.95. The van der Waals surface area contributed by atoms with Gasteiger partial charge in [0.05, 0.1) is 11.6 Å². The van der Waals surface area contributed by atoms with Crippen molar-refractivity contribution in [3.05, 3.63) is 46.0 Å². The van der Waals surface area contributed by atoms with Crippen LogP contribution in [0.25, 0.3) is 0 Å². The summed E-state index contributed by atoms with van der Waals surface area (Å²) in [5.74, 6) is -0.929. The molecule has 2 rings (SSSR count). The molecule has 0 fully saturated rings. The summed E-state index contributed by atoms with van der Waals surface area (Å²) in [7, 11) is 0. The van der Waals surface area contributed by atoms with Gasteiger partial charge in [0, 0.05) is 12.7 Å². The Kier molecular flexibility index (Phi) is 5.27. The third kappa shape index (κ3) is 3.78. The van der Waals surface area contributed by atoms with Crippen LogP contribution in [0.5, 0.6) is 0 Å². The van der Waals surface area contributed by atoms with E-state index in [1.807, 2.05) is 30.7 Å². The zero-order chi connectivity index (χ0) is 15.2. The number of carbonyl (C=O) groups excluding carboxylic acids is 1. The molecule has 0 bridgehead atoms. The predicted octanol–water partition coefficient (Wildman–Crippen LogP) is 3.60. The first-order chi connectivity index (χ1) is 10.1. The molecule has 2 N–H and O–H groups in total. The van der Waals surface area contributed by atoms with Gasteiger partial charge in [0.15, 0.2) is 11.6 Å². The number of nitrogens with one attached hydrogen (secondary N) is 2. The average Bonchev–Trinajstić information content (AvgIpc) is 3.00. The molecule has 2 aromatic heterocycles. The SMILES string of the molecule is CCCNc1nccc(C(=O)NC(C)c2ccsc2)c1F. The molecule has 1 unspecified atom stereocenters. The van der Waals surface area contributed by atoms with Gasteiger partial charge in [-0.1, -0.05) is 6.92 Å². The minimum absolute atomic E-state index is 0.00526. The van der Waals surface area contributed by atoms with Crippen molar-refractivity contribution in [2.75, 3.05) is 11.9 Å². The number of anilines is 1. The molecule has 0 aliphatic carbocycles. The number of pyridine rings is 1. The fourth-order valence-corrected chi connectivity index (χ4v) is 2.62. The van der Waals surface area contributed by atoms with Crippen LogP contribution in [0.1, 0.15) is 42.2 Å². The molecule has 2 aromatic rings. The largest absolute Gasteiger partial charge is 0.368 e. The van der Waals surface area contributed by atoms with Crippen LogP contribution >= 0.6 is 11.3 Å². The van der Waals surface area contributed by atoms with Crippen LogP contribution in [-0.2, 0) is 0 Å². The van der Waals surface area contributed by atoms with Crippen LogP contribution in [-0.4, -0.2) is 17.4 Å². The Morgan fingerprint density at radius 3 is 2.95 bits per heavy atom. The Bertz CT molecular complexity index is 601. The molecule has 0 aromatic carbocycles. The molecule has 2 heterocycles. The second-order valence-corrected chi connectivity index (χ2v) is 5.48. The molecule has 21 heavy (non-hydrogen) atoms. The minimum atomic E-state index is -0.610. The zero-order valence-electron chi connectivity index (χ0n) is 12.0. The van der Waals surface area contributed by atoms with Crippen LogP contribution in [0, 0.1) is 5.82 Å². The second-order valence-electron chi connectivity index (χ2n) is 4.70. The monoisotopic (exact) mass is 307 g/mol. The first-order valence-corrected chi connectivity index (χ1v) is 7.79. The number of thiophene rings is 1. The minimum Gasteiger partial charge on any atom is -0.368 e. The topological polar surface area (TPSA) is 54.0 Å². The highest BCUT2D eigenvalue weighted by Crippen LogP contribution is 2.19. The predicted molar refractivity (Wildman–Crippen MR) is 83.2 cm³/mol. The van der Waals surface area contributed by atoms with Gasteiger partial charge in [-0.3, -0.25) is 4.79 Å². The van der Waals surface area contributed by atoms with Gasteiger partial charge >= 0.3 is 0 Å². The lowest BCUT2D eigenvalue weighted by atomic mass is 10.1. The van der Waals surface area contributed by atoms with Crippen molar-refractivity contribution >= 4 is 23.1 Å². The molecule has 1 atom stereocenters. The van der Waals surface area contributed by atoms with Crippen LogP contribution in [0.4, 0.5) is 10.2 Å². The third-order valence-corrected chi connectivity index (χ3v) is 3.77. The summed E-state index contributed by atoms with van der Waals surface area (Å²) >= 11 is 1.56. The van der Waals surface area contributed by atoms with E-state index in [0.717, 1.165) is 12.0 Å². The summed E-state index contributed by atoms with van der Waals surface area (Å²) in [4.78, 5) is 16.1. The first-order valence-electron chi connectivity index (χ1n) is 6.84. The molecule has 4 nitrogen and oxygen atoms in total. The van der Waals surface area contributed by atoms with Gasteiger partial charge in [-0.25, -0.2) is 9.37 Å². The van der Waals surface area contributed by atoms with E-state index >= 15 is 0 Å². The molecule has 1 amide bonds. The molecular formula is C15H18FN3OS. The van der Waals surface area contributed by atoms with E-state index in [-0.39, 0.29) is 17.4 Å². The Balaban J connectivity index is 2.12. The number of amides is 1. The summed E-state index contributed by atoms with van der Waals surface area (Å²) in [5, 5.41) is 9.57. The van der Waals surface area contributed by atoms with Crippen LogP contribution in [0.3, 0.4) is 0 Å². The van der Waals surface area contributed by atoms with Gasteiger partial charge in [-0.15, -0.1) is 0 Å². The second kappa shape index (κ2) is 7.17. The van der Waals surface area contributed by atoms with E-state index < -0.39 is 11.7 Å². The fraction of sp³-hybridized carbons (Fsp3) is 0.333. The van der Waals surface area contributed by atoms with E-state index in [0.29, 0.717) is 6.54 Å². The number of hydrogen-bond donors (Lipinski definition) is 2. The Labute approximate surface area is 127 Å². The number of aromatic nitrogens is 1. The molecule has 0 radical (unpaired) electrons. The van der Waals surface area contributed by atoms with Crippen molar-refractivity contribution < 1.29 is 9.18 Å².